The fourth-order valence-electron chi connectivity index (χ4n) is 3.69. The van der Waals surface area contributed by atoms with Gasteiger partial charge in [0.2, 0.25) is 5.91 Å². The third kappa shape index (κ3) is 3.28. The third-order valence-electron chi connectivity index (χ3n) is 5.05. The van der Waals surface area contributed by atoms with E-state index in [2.05, 4.69) is 10.1 Å². The van der Waals surface area contributed by atoms with E-state index in [1.54, 1.807) is 0 Å². The first-order valence-electron chi connectivity index (χ1n) is 9.07. The van der Waals surface area contributed by atoms with Crippen LogP contribution in [0.1, 0.15) is 30.0 Å². The van der Waals surface area contributed by atoms with Crippen molar-refractivity contribution in [2.75, 3.05) is 0 Å². The molecule has 3 aromatic rings. The molecular formula is C22H21N3O2. The number of nitrogens with one attached hydrogen (secondary N) is 1. The highest BCUT2D eigenvalue weighted by Crippen LogP contribution is 2.24. The monoisotopic (exact) mass is 359 g/mol. The Bertz CT molecular complexity index is 1100. The Hall–Kier alpha value is -3.21. The summed E-state index contributed by atoms with van der Waals surface area (Å²) in [5.74, 6) is -0.112. The van der Waals surface area contributed by atoms with Gasteiger partial charge >= 0.3 is 0 Å². The van der Waals surface area contributed by atoms with Crippen LogP contribution in [0.15, 0.2) is 64.5 Å². The van der Waals surface area contributed by atoms with Gasteiger partial charge in [-0.05, 0) is 29.5 Å². The number of rotatable bonds is 3. The summed E-state index contributed by atoms with van der Waals surface area (Å²) in [5, 5.41) is 7.05. The Morgan fingerprint density at radius 2 is 1.96 bits per heavy atom. The molecule has 1 aliphatic heterocycles. The molecule has 1 N–H and O–H groups in total. The fraction of sp³-hybridized carbons (Fsp3) is 0.227. The van der Waals surface area contributed by atoms with Gasteiger partial charge in [0.25, 0.3) is 5.56 Å². The van der Waals surface area contributed by atoms with Gasteiger partial charge in [-0.15, -0.1) is 0 Å². The molecule has 0 saturated heterocycles. The summed E-state index contributed by atoms with van der Waals surface area (Å²) in [6, 6.07) is 17.6. The van der Waals surface area contributed by atoms with Crippen LogP contribution in [0.2, 0.25) is 0 Å². The summed E-state index contributed by atoms with van der Waals surface area (Å²) >= 11 is 0. The van der Waals surface area contributed by atoms with Gasteiger partial charge < -0.3 is 4.98 Å². The first-order valence-corrected chi connectivity index (χ1v) is 9.07. The van der Waals surface area contributed by atoms with Crippen LogP contribution in [0.3, 0.4) is 0 Å². The van der Waals surface area contributed by atoms with Gasteiger partial charge in [0.15, 0.2) is 0 Å². The average Bonchev–Trinajstić information content (AvgIpc) is 3.08. The number of nitrogens with zero attached hydrogens (tertiary/aromatic N) is 2. The standard InChI is InChI=1S/C22H21N3O2/c1-14-7-6-10-17-11-18(22(27)23-21(14)17)12-19-13-20(24-25(19)15(2)26)16-8-4-3-5-9-16/h3-11,19H,12-13H2,1-2H3,(H,23,27)/t19-/m0/s1. The maximum Gasteiger partial charge on any atom is 0.251 e. The molecule has 1 aliphatic rings. The highest BCUT2D eigenvalue weighted by atomic mass is 16.2. The largest absolute Gasteiger partial charge is 0.321 e. The number of fused-ring (bicyclic) bond motifs is 1. The number of aromatic amines is 1. The number of aromatic nitrogens is 1. The number of benzene rings is 2. The number of hydrazone groups is 1. The second-order valence-electron chi connectivity index (χ2n) is 7.00. The molecule has 0 bridgehead atoms. The minimum Gasteiger partial charge on any atom is -0.321 e. The highest BCUT2D eigenvalue weighted by Gasteiger charge is 2.30. The number of carbonyl (C=O) groups excluding carboxylic acids is 1. The Morgan fingerprint density at radius 3 is 2.70 bits per heavy atom. The molecule has 0 radical (unpaired) electrons. The van der Waals surface area contributed by atoms with Crippen LogP contribution < -0.4 is 5.56 Å². The van der Waals surface area contributed by atoms with E-state index in [0.717, 1.165) is 27.7 Å². The summed E-state index contributed by atoms with van der Waals surface area (Å²) in [5.41, 5.74) is 4.36. The maximum absolute atomic E-state index is 12.6. The SMILES string of the molecule is CC(=O)N1N=C(c2ccccc2)C[C@@H]1Cc1cc2cccc(C)c2[nH]c1=O. The van der Waals surface area contributed by atoms with E-state index >= 15 is 0 Å². The lowest BCUT2D eigenvalue weighted by Crippen LogP contribution is -2.34. The topological polar surface area (TPSA) is 65.5 Å². The molecule has 0 aliphatic carbocycles. The molecule has 136 valence electrons. The van der Waals surface area contributed by atoms with Crippen molar-refractivity contribution in [1.29, 1.82) is 0 Å². The van der Waals surface area contributed by atoms with Crippen LogP contribution >= 0.6 is 0 Å². The molecule has 1 amide bonds. The molecule has 2 aromatic carbocycles. The molecule has 1 atom stereocenters. The number of para-hydroxylation sites is 1. The lowest BCUT2D eigenvalue weighted by atomic mass is 9.98. The van der Waals surface area contributed by atoms with E-state index < -0.39 is 0 Å². The molecular weight excluding hydrogens is 338 g/mol. The molecule has 0 saturated carbocycles. The van der Waals surface area contributed by atoms with Gasteiger partial charge in [-0.1, -0.05) is 48.5 Å². The number of H-pyrrole nitrogens is 1. The predicted octanol–water partition coefficient (Wildman–Crippen LogP) is 3.40. The average molecular weight is 359 g/mol. The first-order chi connectivity index (χ1) is 13.0. The van der Waals surface area contributed by atoms with Crippen LogP contribution in [0.25, 0.3) is 10.9 Å². The number of hydrogen-bond donors (Lipinski definition) is 1. The van der Waals surface area contributed by atoms with Crippen molar-refractivity contribution in [2.24, 2.45) is 5.10 Å². The normalized spacial score (nSPS) is 16.6. The molecule has 1 aromatic heterocycles. The van der Waals surface area contributed by atoms with Gasteiger partial charge in [-0.3, -0.25) is 9.59 Å². The van der Waals surface area contributed by atoms with Crippen LogP contribution in [0.5, 0.6) is 0 Å². The lowest BCUT2D eigenvalue weighted by molar-refractivity contribution is -0.130. The van der Waals surface area contributed by atoms with Crippen molar-refractivity contribution in [3.63, 3.8) is 0 Å². The van der Waals surface area contributed by atoms with E-state index in [0.29, 0.717) is 18.4 Å². The van der Waals surface area contributed by atoms with Crippen LogP contribution in [-0.4, -0.2) is 27.7 Å². The maximum atomic E-state index is 12.6. The summed E-state index contributed by atoms with van der Waals surface area (Å²) in [7, 11) is 0. The lowest BCUT2D eigenvalue weighted by Gasteiger charge is -2.20. The summed E-state index contributed by atoms with van der Waals surface area (Å²) in [6.07, 6.45) is 1.10. The van der Waals surface area contributed by atoms with Crippen LogP contribution in [0, 0.1) is 6.92 Å². The van der Waals surface area contributed by atoms with Gasteiger partial charge in [0, 0.05) is 25.3 Å². The zero-order valence-corrected chi connectivity index (χ0v) is 15.4. The smallest absolute Gasteiger partial charge is 0.251 e. The van der Waals surface area contributed by atoms with Crippen molar-refractivity contribution in [3.05, 3.63) is 81.6 Å². The predicted molar refractivity (Wildman–Crippen MR) is 107 cm³/mol. The van der Waals surface area contributed by atoms with E-state index in [4.69, 9.17) is 0 Å². The fourth-order valence-corrected chi connectivity index (χ4v) is 3.69. The molecule has 0 spiro atoms. The van der Waals surface area contributed by atoms with Gasteiger partial charge in [0.1, 0.15) is 0 Å². The molecule has 27 heavy (non-hydrogen) atoms. The van der Waals surface area contributed by atoms with Crippen molar-refractivity contribution < 1.29 is 4.79 Å². The summed E-state index contributed by atoms with van der Waals surface area (Å²) < 4.78 is 0. The number of pyridine rings is 1. The zero-order valence-electron chi connectivity index (χ0n) is 15.4. The van der Waals surface area contributed by atoms with Crippen molar-refractivity contribution >= 4 is 22.5 Å². The molecule has 2 heterocycles. The molecule has 0 unspecified atom stereocenters. The second-order valence-corrected chi connectivity index (χ2v) is 7.00. The number of hydrogen-bond acceptors (Lipinski definition) is 3. The third-order valence-corrected chi connectivity index (χ3v) is 5.05. The van der Waals surface area contributed by atoms with Crippen LogP contribution in [-0.2, 0) is 11.2 Å². The molecule has 4 rings (SSSR count). The number of carbonyl (C=O) groups is 1. The summed E-state index contributed by atoms with van der Waals surface area (Å²) in [6.45, 7) is 3.49. The second kappa shape index (κ2) is 6.83. The minimum absolute atomic E-state index is 0.103. The Kier molecular flexibility index (Phi) is 4.36. The van der Waals surface area contributed by atoms with Crippen molar-refractivity contribution in [2.45, 2.75) is 32.7 Å². The number of amides is 1. The van der Waals surface area contributed by atoms with E-state index in [1.165, 1.54) is 11.9 Å². The first kappa shape index (κ1) is 17.2. The Balaban J connectivity index is 1.66. The highest BCUT2D eigenvalue weighted by molar-refractivity contribution is 6.03. The zero-order chi connectivity index (χ0) is 19.0. The Morgan fingerprint density at radius 1 is 1.19 bits per heavy atom. The quantitative estimate of drug-likeness (QED) is 0.779. The van der Waals surface area contributed by atoms with Crippen molar-refractivity contribution in [3.8, 4) is 0 Å². The van der Waals surface area contributed by atoms with E-state index in [9.17, 15) is 9.59 Å². The van der Waals surface area contributed by atoms with Crippen molar-refractivity contribution in [1.82, 2.24) is 9.99 Å². The van der Waals surface area contributed by atoms with E-state index in [-0.39, 0.29) is 17.5 Å². The summed E-state index contributed by atoms with van der Waals surface area (Å²) in [4.78, 5) is 27.7. The van der Waals surface area contributed by atoms with Gasteiger partial charge in [0.05, 0.1) is 17.3 Å². The number of aryl methyl sites for hydroxylation is 1. The van der Waals surface area contributed by atoms with Gasteiger partial charge in [-0.25, -0.2) is 5.01 Å². The van der Waals surface area contributed by atoms with Gasteiger partial charge in [-0.2, -0.15) is 5.10 Å². The Labute approximate surface area is 157 Å². The molecule has 5 heteroatoms. The van der Waals surface area contributed by atoms with E-state index in [1.807, 2.05) is 61.5 Å². The molecule has 0 fully saturated rings. The minimum atomic E-state index is -0.152. The van der Waals surface area contributed by atoms with Crippen LogP contribution in [0.4, 0.5) is 0 Å². The molecule has 5 nitrogen and oxygen atoms in total.